The number of thiazole rings is 1. The van der Waals surface area contributed by atoms with Gasteiger partial charge in [-0.2, -0.15) is 0 Å². The van der Waals surface area contributed by atoms with Crippen LogP contribution in [0.15, 0.2) is 42.3 Å². The van der Waals surface area contributed by atoms with E-state index in [0.717, 1.165) is 41.8 Å². The van der Waals surface area contributed by atoms with Crippen molar-refractivity contribution >= 4 is 52.8 Å². The number of ether oxygens (including phenoxy) is 2. The summed E-state index contributed by atoms with van der Waals surface area (Å²) in [6, 6.07) is 5.81. The summed E-state index contributed by atoms with van der Waals surface area (Å²) in [5, 5.41) is 8.30. The first-order valence-electron chi connectivity index (χ1n) is 20.1. The van der Waals surface area contributed by atoms with Gasteiger partial charge in [0, 0.05) is 41.3 Å². The number of pyridine rings is 1. The molecular formula is C42H58N5O8PS. The lowest BCUT2D eigenvalue weighted by atomic mass is 9.85. The van der Waals surface area contributed by atoms with Gasteiger partial charge in [-0.3, -0.25) is 14.2 Å². The zero-order valence-corrected chi connectivity index (χ0v) is 36.2. The van der Waals surface area contributed by atoms with Gasteiger partial charge in [0.2, 0.25) is 5.91 Å². The monoisotopic (exact) mass is 823 g/mol. The molecule has 3 aromatic rings. The van der Waals surface area contributed by atoms with Gasteiger partial charge in [0.25, 0.3) is 0 Å². The minimum absolute atomic E-state index is 0.0749. The molecule has 1 aliphatic heterocycles. The zero-order chi connectivity index (χ0) is 41.3. The Morgan fingerprint density at radius 3 is 2.39 bits per heavy atom. The predicted molar refractivity (Wildman–Crippen MR) is 223 cm³/mol. The molecular weight excluding hydrogens is 766 g/mol. The Morgan fingerprint density at radius 1 is 1.09 bits per heavy atom. The van der Waals surface area contributed by atoms with Gasteiger partial charge in [0.1, 0.15) is 28.7 Å². The lowest BCUT2D eigenvalue weighted by Gasteiger charge is -2.37. The van der Waals surface area contributed by atoms with Crippen molar-refractivity contribution in [3.63, 3.8) is 0 Å². The van der Waals surface area contributed by atoms with E-state index in [1.54, 1.807) is 31.9 Å². The number of Topliss-reactive ketones (excluding diaryl/α,β-unsaturated/α-hetero) is 1. The second-order valence-electron chi connectivity index (χ2n) is 16.7. The maximum atomic E-state index is 15.3. The van der Waals surface area contributed by atoms with Crippen molar-refractivity contribution in [2.75, 3.05) is 32.2 Å². The molecule has 2 aliphatic carbocycles. The highest BCUT2D eigenvalue weighted by Gasteiger charge is 2.73. The van der Waals surface area contributed by atoms with Crippen molar-refractivity contribution in [1.82, 2.24) is 20.2 Å². The molecule has 57 heavy (non-hydrogen) atoms. The number of hydrogen-bond donors (Lipinski definition) is 2. The number of nitrogens with zero attached hydrogens (tertiary/aromatic N) is 3. The van der Waals surface area contributed by atoms with Crippen molar-refractivity contribution in [1.29, 1.82) is 0 Å². The van der Waals surface area contributed by atoms with Gasteiger partial charge in [-0.25, -0.2) is 14.8 Å². The van der Waals surface area contributed by atoms with Crippen molar-refractivity contribution < 1.29 is 37.5 Å². The van der Waals surface area contributed by atoms with E-state index in [-0.39, 0.29) is 56.4 Å². The Morgan fingerprint density at radius 2 is 1.79 bits per heavy atom. The average molecular weight is 824 g/mol. The van der Waals surface area contributed by atoms with Crippen molar-refractivity contribution in [3.8, 4) is 17.1 Å². The van der Waals surface area contributed by atoms with Gasteiger partial charge < -0.3 is 34.1 Å². The summed E-state index contributed by atoms with van der Waals surface area (Å²) in [5.74, 6) is -1.02. The number of rotatable bonds is 16. The topological polar surface area (TPSA) is 158 Å². The second kappa shape index (κ2) is 17.2. The number of benzene rings is 1. The van der Waals surface area contributed by atoms with E-state index in [0.29, 0.717) is 22.7 Å². The molecule has 3 fully saturated rings. The third-order valence-electron chi connectivity index (χ3n) is 11.3. The normalized spacial score (nSPS) is 23.1. The highest BCUT2D eigenvalue weighted by atomic mass is 32.1. The lowest BCUT2D eigenvalue weighted by molar-refractivity contribution is -0.141. The second-order valence-corrected chi connectivity index (χ2v) is 19.8. The summed E-state index contributed by atoms with van der Waals surface area (Å²) < 4.78 is 37.7. The molecule has 3 heterocycles. The molecule has 2 amide bonds. The molecule has 2 saturated carbocycles. The number of hydrogen-bond acceptors (Lipinski definition) is 12. The van der Waals surface area contributed by atoms with Gasteiger partial charge >= 0.3 is 13.7 Å². The number of carbonyl (C=O) groups is 3. The van der Waals surface area contributed by atoms with Crippen molar-refractivity contribution in [2.24, 2.45) is 11.3 Å². The van der Waals surface area contributed by atoms with Crippen LogP contribution in [0.1, 0.15) is 98.5 Å². The number of aromatic nitrogens is 2. The molecule has 310 valence electrons. The molecule has 0 unspecified atom stereocenters. The van der Waals surface area contributed by atoms with Crippen LogP contribution in [0.4, 0.5) is 9.93 Å². The van der Waals surface area contributed by atoms with E-state index in [9.17, 15) is 9.36 Å². The first kappa shape index (κ1) is 42.8. The Hall–Kier alpha value is -3.84. The number of fused-ring (bicyclic) bond motifs is 1. The third kappa shape index (κ3) is 8.65. The number of allylic oxidation sites excluding steroid dienone is 1. The van der Waals surface area contributed by atoms with E-state index < -0.39 is 48.2 Å². The molecule has 1 saturated heterocycles. The standard InChI is InChI=1S/C42H58N5O8PS/c1-10-27-22-42(27,56(51,53-11-2)54-12-3)37(48)35-19-26(23-47(35)38(49)36(41(6,7)8)46-40(50)55-28-15-13-14-16-28)31-21-33(34-24-57-39(45-34)43-25(4)5)44-32-20-29(52-9)17-18-30(31)32/h10,17-18,20-21,24-28,35-36H,1,11-16,19,22-23H2,2-9H3,(H,43,45)(H,46,50)/t26-,27-,35+,36-,42+/m1/s1. The fraction of sp³-hybridized carbons (Fsp3) is 0.595. The molecule has 2 N–H and O–H groups in total. The van der Waals surface area contributed by atoms with E-state index in [1.807, 2.05) is 64.3 Å². The maximum absolute atomic E-state index is 15.3. The molecule has 6 rings (SSSR count). The molecule has 2 aromatic heterocycles. The van der Waals surface area contributed by atoms with Crippen LogP contribution in [-0.2, 0) is 27.9 Å². The highest BCUT2D eigenvalue weighted by Crippen LogP contribution is 2.75. The lowest BCUT2D eigenvalue weighted by Crippen LogP contribution is -2.58. The molecule has 1 aromatic carbocycles. The Bertz CT molecular complexity index is 2020. The number of alkyl carbamates (subject to hydrolysis) is 1. The molecule has 15 heteroatoms. The first-order valence-corrected chi connectivity index (χ1v) is 22.6. The molecule has 3 aliphatic rings. The Labute approximate surface area is 340 Å². The average Bonchev–Trinajstić information content (AvgIpc) is 3.52. The van der Waals surface area contributed by atoms with E-state index in [4.69, 9.17) is 28.5 Å². The SMILES string of the molecule is C=C[C@@H]1C[C@]1(C(=O)[C@@H]1C[C@@H](c2cc(-c3csc(NC(C)C)n3)nc3cc(OC)ccc23)CN1C(=O)[C@@H](NC(=O)OC1CCCC1)C(C)(C)C)P(=O)(OCC)OCC. The fourth-order valence-electron chi connectivity index (χ4n) is 8.40. The van der Waals surface area contributed by atoms with Gasteiger partial charge in [-0.15, -0.1) is 17.9 Å². The van der Waals surface area contributed by atoms with Crippen LogP contribution in [0.5, 0.6) is 5.75 Å². The van der Waals surface area contributed by atoms with Crippen LogP contribution in [-0.4, -0.2) is 88.9 Å². The predicted octanol–water partition coefficient (Wildman–Crippen LogP) is 8.74. The number of amides is 2. The van der Waals surface area contributed by atoms with Gasteiger partial charge in [-0.1, -0.05) is 26.8 Å². The number of nitrogens with one attached hydrogen (secondary N) is 2. The largest absolute Gasteiger partial charge is 0.497 e. The maximum Gasteiger partial charge on any atom is 0.408 e. The molecule has 0 radical (unpaired) electrons. The van der Waals surface area contributed by atoms with E-state index >= 15 is 9.59 Å². The van der Waals surface area contributed by atoms with Crippen LogP contribution in [0.3, 0.4) is 0 Å². The zero-order valence-electron chi connectivity index (χ0n) is 34.5. The highest BCUT2D eigenvalue weighted by molar-refractivity contribution is 7.57. The smallest absolute Gasteiger partial charge is 0.408 e. The van der Waals surface area contributed by atoms with Gasteiger partial charge in [0.05, 0.1) is 37.6 Å². The number of carbonyl (C=O) groups excluding carboxylic acids is 3. The van der Waals surface area contributed by atoms with Crippen molar-refractivity contribution in [2.45, 2.75) is 122 Å². The van der Waals surface area contributed by atoms with E-state index in [1.165, 1.54) is 11.3 Å². The summed E-state index contributed by atoms with van der Waals surface area (Å²) in [6.07, 6.45) is 4.74. The molecule has 0 bridgehead atoms. The van der Waals surface area contributed by atoms with Crippen LogP contribution < -0.4 is 15.4 Å². The van der Waals surface area contributed by atoms with Crippen LogP contribution >= 0.6 is 18.9 Å². The summed E-state index contributed by atoms with van der Waals surface area (Å²) in [7, 11) is -2.43. The Balaban J connectivity index is 1.45. The number of ketones is 1. The summed E-state index contributed by atoms with van der Waals surface area (Å²) >= 11 is 1.49. The fourth-order valence-corrected chi connectivity index (χ4v) is 11.8. The van der Waals surface area contributed by atoms with Gasteiger partial charge in [0.15, 0.2) is 10.9 Å². The summed E-state index contributed by atoms with van der Waals surface area (Å²) in [5.41, 5.74) is 2.11. The molecule has 0 spiro atoms. The number of likely N-dealkylation sites (tertiary alicyclic amines) is 1. The first-order chi connectivity index (χ1) is 27.1. The Kier molecular flexibility index (Phi) is 12.9. The van der Waals surface area contributed by atoms with Crippen LogP contribution in [0.25, 0.3) is 22.3 Å². The molecule has 13 nitrogen and oxygen atoms in total. The van der Waals surface area contributed by atoms with Crippen LogP contribution in [0.2, 0.25) is 0 Å². The summed E-state index contributed by atoms with van der Waals surface area (Å²) in [4.78, 5) is 55.2. The minimum Gasteiger partial charge on any atom is -0.497 e. The third-order valence-corrected chi connectivity index (χ3v) is 15.0. The number of anilines is 1. The minimum atomic E-state index is -4.03. The quantitative estimate of drug-likeness (QED) is 0.105. The van der Waals surface area contributed by atoms with Gasteiger partial charge in [-0.05, 0) is 95.4 Å². The summed E-state index contributed by atoms with van der Waals surface area (Å²) in [6.45, 7) is 17.4. The molecule has 5 atom stereocenters. The number of methoxy groups -OCH3 is 1. The van der Waals surface area contributed by atoms with E-state index in [2.05, 4.69) is 17.2 Å². The van der Waals surface area contributed by atoms with Crippen molar-refractivity contribution in [3.05, 3.63) is 47.9 Å². The van der Waals surface area contributed by atoms with Crippen LogP contribution in [0, 0.1) is 11.3 Å².